The molecule has 1 aromatic heterocycles. The second-order valence-electron chi connectivity index (χ2n) is 3.47. The number of ether oxygens (including phenoxy) is 1. The maximum atomic E-state index is 9.67. The summed E-state index contributed by atoms with van der Waals surface area (Å²) in [6.45, 7) is 1.82. The average molecular weight is 197 g/mol. The van der Waals surface area contributed by atoms with E-state index in [1.807, 2.05) is 6.07 Å². The monoisotopic (exact) mass is 197 g/mol. The number of hydrogen-bond donors (Lipinski definition) is 2. The van der Waals surface area contributed by atoms with Gasteiger partial charge in [0.2, 0.25) is 0 Å². The lowest BCUT2D eigenvalue weighted by atomic mass is 10.1. The summed E-state index contributed by atoms with van der Waals surface area (Å²) in [4.78, 5) is 0. The van der Waals surface area contributed by atoms with Crippen LogP contribution in [0.5, 0.6) is 0 Å². The standard InChI is InChI=1S/C10H15NO3/c1-11-5-8(12)10-4-7-6-13-3-2-9(7)14-10/h4,8,11-12H,2-3,5-6H2,1H3. The van der Waals surface area contributed by atoms with Gasteiger partial charge in [0.25, 0.3) is 0 Å². The van der Waals surface area contributed by atoms with Gasteiger partial charge in [-0.1, -0.05) is 0 Å². The summed E-state index contributed by atoms with van der Waals surface area (Å²) in [5.74, 6) is 1.59. The first-order chi connectivity index (χ1) is 6.81. The zero-order valence-corrected chi connectivity index (χ0v) is 8.25. The molecule has 4 nitrogen and oxygen atoms in total. The Morgan fingerprint density at radius 2 is 2.50 bits per heavy atom. The summed E-state index contributed by atoms with van der Waals surface area (Å²) < 4.78 is 10.8. The van der Waals surface area contributed by atoms with Crippen LogP contribution in [0.1, 0.15) is 23.2 Å². The molecule has 1 atom stereocenters. The molecule has 0 saturated carbocycles. The molecule has 1 aliphatic rings. The van der Waals surface area contributed by atoms with Crippen molar-refractivity contribution in [2.24, 2.45) is 0 Å². The average Bonchev–Trinajstić information content (AvgIpc) is 2.61. The van der Waals surface area contributed by atoms with Crippen molar-refractivity contribution >= 4 is 0 Å². The molecule has 0 aromatic carbocycles. The maximum absolute atomic E-state index is 9.67. The van der Waals surface area contributed by atoms with E-state index in [-0.39, 0.29) is 0 Å². The smallest absolute Gasteiger partial charge is 0.134 e. The highest BCUT2D eigenvalue weighted by atomic mass is 16.5. The van der Waals surface area contributed by atoms with E-state index < -0.39 is 6.10 Å². The molecule has 1 unspecified atom stereocenters. The Morgan fingerprint density at radius 3 is 3.21 bits per heavy atom. The summed E-state index contributed by atoms with van der Waals surface area (Å²) >= 11 is 0. The summed E-state index contributed by atoms with van der Waals surface area (Å²) in [5, 5.41) is 12.6. The zero-order chi connectivity index (χ0) is 9.97. The molecular weight excluding hydrogens is 182 g/mol. The molecule has 1 aromatic rings. The third kappa shape index (κ3) is 1.82. The van der Waals surface area contributed by atoms with Gasteiger partial charge in [0.1, 0.15) is 17.6 Å². The zero-order valence-electron chi connectivity index (χ0n) is 8.25. The van der Waals surface area contributed by atoms with E-state index in [0.29, 0.717) is 25.5 Å². The first-order valence-electron chi connectivity index (χ1n) is 4.83. The molecule has 0 amide bonds. The highest BCUT2D eigenvalue weighted by Gasteiger charge is 2.19. The third-order valence-electron chi connectivity index (χ3n) is 2.37. The van der Waals surface area contributed by atoms with Crippen LogP contribution in [0.2, 0.25) is 0 Å². The Kier molecular flexibility index (Phi) is 2.86. The lowest BCUT2D eigenvalue weighted by Crippen LogP contribution is -2.16. The number of likely N-dealkylation sites (N-methyl/N-ethyl adjacent to an activating group) is 1. The molecule has 2 heterocycles. The van der Waals surface area contributed by atoms with Gasteiger partial charge in [0.15, 0.2) is 0 Å². The molecule has 2 N–H and O–H groups in total. The largest absolute Gasteiger partial charge is 0.463 e. The number of rotatable bonds is 3. The van der Waals surface area contributed by atoms with Crippen LogP contribution in [0.3, 0.4) is 0 Å². The molecule has 0 saturated heterocycles. The highest BCUT2D eigenvalue weighted by molar-refractivity contribution is 5.23. The lowest BCUT2D eigenvalue weighted by Gasteiger charge is -2.09. The molecule has 78 valence electrons. The van der Waals surface area contributed by atoms with Crippen LogP contribution in [0.25, 0.3) is 0 Å². The number of nitrogens with one attached hydrogen (secondary N) is 1. The molecular formula is C10H15NO3. The minimum absolute atomic E-state index is 0.507. The van der Waals surface area contributed by atoms with Crippen molar-refractivity contribution in [2.45, 2.75) is 19.1 Å². The second-order valence-corrected chi connectivity index (χ2v) is 3.47. The predicted octanol–water partition coefficient (Wildman–Crippen LogP) is 0.605. The first-order valence-corrected chi connectivity index (χ1v) is 4.83. The van der Waals surface area contributed by atoms with Gasteiger partial charge in [-0.3, -0.25) is 0 Å². The van der Waals surface area contributed by atoms with Gasteiger partial charge in [-0.2, -0.15) is 0 Å². The van der Waals surface area contributed by atoms with E-state index in [4.69, 9.17) is 9.15 Å². The Hall–Kier alpha value is -0.840. The second kappa shape index (κ2) is 4.13. The normalized spacial score (nSPS) is 17.9. The van der Waals surface area contributed by atoms with Gasteiger partial charge >= 0.3 is 0 Å². The van der Waals surface area contributed by atoms with E-state index in [9.17, 15) is 5.11 Å². The van der Waals surface area contributed by atoms with E-state index in [1.54, 1.807) is 7.05 Å². The fourth-order valence-electron chi connectivity index (χ4n) is 1.63. The van der Waals surface area contributed by atoms with Crippen LogP contribution in [-0.2, 0) is 17.8 Å². The van der Waals surface area contributed by atoms with E-state index in [2.05, 4.69) is 5.32 Å². The van der Waals surface area contributed by atoms with Crippen LogP contribution in [0.4, 0.5) is 0 Å². The number of hydrogen-bond acceptors (Lipinski definition) is 4. The van der Waals surface area contributed by atoms with E-state index >= 15 is 0 Å². The fraction of sp³-hybridized carbons (Fsp3) is 0.600. The van der Waals surface area contributed by atoms with Crippen LogP contribution in [-0.4, -0.2) is 25.3 Å². The minimum atomic E-state index is -0.564. The van der Waals surface area contributed by atoms with Gasteiger partial charge < -0.3 is 19.6 Å². The van der Waals surface area contributed by atoms with Crippen LogP contribution in [0.15, 0.2) is 10.5 Å². The van der Waals surface area contributed by atoms with Crippen molar-refractivity contribution < 1.29 is 14.3 Å². The molecule has 4 heteroatoms. The number of fused-ring (bicyclic) bond motifs is 1. The molecule has 0 bridgehead atoms. The van der Waals surface area contributed by atoms with Crippen molar-refractivity contribution in [1.82, 2.24) is 5.32 Å². The van der Waals surface area contributed by atoms with Gasteiger partial charge in [-0.25, -0.2) is 0 Å². The predicted molar refractivity (Wildman–Crippen MR) is 51.0 cm³/mol. The van der Waals surface area contributed by atoms with Gasteiger partial charge in [-0.05, 0) is 13.1 Å². The topological polar surface area (TPSA) is 54.6 Å². The van der Waals surface area contributed by atoms with Crippen molar-refractivity contribution in [1.29, 1.82) is 0 Å². The molecule has 14 heavy (non-hydrogen) atoms. The fourth-order valence-corrected chi connectivity index (χ4v) is 1.63. The molecule has 1 aliphatic heterocycles. The number of aliphatic hydroxyl groups is 1. The number of furan rings is 1. The summed E-state index contributed by atoms with van der Waals surface area (Å²) in [6, 6.07) is 1.89. The summed E-state index contributed by atoms with van der Waals surface area (Å²) in [5.41, 5.74) is 1.07. The SMILES string of the molecule is CNCC(O)c1cc2c(o1)CCOC2. The van der Waals surface area contributed by atoms with Gasteiger partial charge in [0, 0.05) is 18.5 Å². The molecule has 0 aliphatic carbocycles. The highest BCUT2D eigenvalue weighted by Crippen LogP contribution is 2.24. The van der Waals surface area contributed by atoms with Crippen LogP contribution < -0.4 is 5.32 Å². The van der Waals surface area contributed by atoms with Crippen molar-refractivity contribution in [2.75, 3.05) is 20.2 Å². The van der Waals surface area contributed by atoms with E-state index in [0.717, 1.165) is 17.7 Å². The van der Waals surface area contributed by atoms with Crippen molar-refractivity contribution in [3.8, 4) is 0 Å². The molecule has 2 rings (SSSR count). The van der Waals surface area contributed by atoms with Crippen LogP contribution in [0, 0.1) is 0 Å². The first kappa shape index (κ1) is 9.71. The Morgan fingerprint density at radius 1 is 1.64 bits per heavy atom. The summed E-state index contributed by atoms with van der Waals surface area (Å²) in [7, 11) is 1.80. The molecule has 0 spiro atoms. The third-order valence-corrected chi connectivity index (χ3v) is 2.37. The van der Waals surface area contributed by atoms with E-state index in [1.165, 1.54) is 0 Å². The van der Waals surface area contributed by atoms with Crippen molar-refractivity contribution in [3.05, 3.63) is 23.2 Å². The summed E-state index contributed by atoms with van der Waals surface area (Å²) in [6.07, 6.45) is 0.243. The Bertz CT molecular complexity index is 285. The van der Waals surface area contributed by atoms with Crippen LogP contribution >= 0.6 is 0 Å². The molecule has 0 radical (unpaired) electrons. The minimum Gasteiger partial charge on any atom is -0.463 e. The van der Waals surface area contributed by atoms with Gasteiger partial charge in [0.05, 0.1) is 13.2 Å². The Balaban J connectivity index is 2.15. The number of aliphatic hydroxyl groups excluding tert-OH is 1. The Labute approximate surface area is 82.9 Å². The molecule has 0 fully saturated rings. The van der Waals surface area contributed by atoms with Gasteiger partial charge in [-0.15, -0.1) is 0 Å². The lowest BCUT2D eigenvalue weighted by molar-refractivity contribution is 0.101. The van der Waals surface area contributed by atoms with Crippen molar-refractivity contribution in [3.63, 3.8) is 0 Å². The quantitative estimate of drug-likeness (QED) is 0.745. The maximum Gasteiger partial charge on any atom is 0.134 e.